The highest BCUT2D eigenvalue weighted by Crippen LogP contribution is 2.30. The molecule has 1 aliphatic carbocycles. The molecular formula is C12H20N3O2+. The summed E-state index contributed by atoms with van der Waals surface area (Å²) in [6.07, 6.45) is 9.59. The summed E-state index contributed by atoms with van der Waals surface area (Å²) in [5, 5.41) is 15.5. The Balaban J connectivity index is 2.07. The number of quaternary nitrogens is 1. The van der Waals surface area contributed by atoms with E-state index < -0.39 is 0 Å². The number of allylic oxidation sites excluding steroid dienone is 1. The molecule has 1 fully saturated rings. The van der Waals surface area contributed by atoms with Crippen molar-refractivity contribution < 1.29 is 9.52 Å². The summed E-state index contributed by atoms with van der Waals surface area (Å²) in [4.78, 5) is 11.0. The molecule has 5 nitrogen and oxygen atoms in total. The van der Waals surface area contributed by atoms with Gasteiger partial charge >= 0.3 is 0 Å². The predicted octanol–water partition coefficient (Wildman–Crippen LogP) is 2.17. The van der Waals surface area contributed by atoms with Crippen LogP contribution in [0.5, 0.6) is 0 Å². The maximum atomic E-state index is 11.1. The van der Waals surface area contributed by atoms with Gasteiger partial charge in [-0.3, -0.25) is 10.1 Å². The SMILES string of the molecule is CC[N+]1(CC2CCCCC2[N+](=O)[O-])C=CC=N1. The molecule has 0 bridgehead atoms. The van der Waals surface area contributed by atoms with Gasteiger partial charge in [-0.2, -0.15) is 4.59 Å². The molecule has 2 aliphatic rings. The zero-order valence-electron chi connectivity index (χ0n) is 10.3. The van der Waals surface area contributed by atoms with Crippen molar-refractivity contribution in [2.75, 3.05) is 13.1 Å². The zero-order chi connectivity index (χ0) is 12.3. The first kappa shape index (κ1) is 12.2. The molecule has 3 atom stereocenters. The Morgan fingerprint density at radius 1 is 1.47 bits per heavy atom. The van der Waals surface area contributed by atoms with E-state index in [0.29, 0.717) is 4.59 Å². The lowest BCUT2D eigenvalue weighted by atomic mass is 9.84. The molecule has 0 aromatic rings. The highest BCUT2D eigenvalue weighted by Gasteiger charge is 2.40. The van der Waals surface area contributed by atoms with Crippen LogP contribution >= 0.6 is 0 Å². The van der Waals surface area contributed by atoms with Gasteiger partial charge in [0.1, 0.15) is 19.3 Å². The Labute approximate surface area is 102 Å². The average molecular weight is 238 g/mol. The fourth-order valence-corrected chi connectivity index (χ4v) is 2.92. The lowest BCUT2D eigenvalue weighted by Crippen LogP contribution is -2.46. The van der Waals surface area contributed by atoms with Crippen molar-refractivity contribution in [1.82, 2.24) is 0 Å². The summed E-state index contributed by atoms with van der Waals surface area (Å²) in [7, 11) is 0. The summed E-state index contributed by atoms with van der Waals surface area (Å²) in [5.41, 5.74) is 0. The fourth-order valence-electron chi connectivity index (χ4n) is 2.92. The number of nitro groups is 1. The van der Waals surface area contributed by atoms with Gasteiger partial charge in [0, 0.05) is 17.4 Å². The zero-order valence-corrected chi connectivity index (χ0v) is 10.3. The van der Waals surface area contributed by atoms with Gasteiger partial charge < -0.3 is 0 Å². The smallest absolute Gasteiger partial charge is 0.221 e. The van der Waals surface area contributed by atoms with E-state index in [4.69, 9.17) is 0 Å². The topological polar surface area (TPSA) is 55.5 Å². The predicted molar refractivity (Wildman–Crippen MR) is 66.0 cm³/mol. The highest BCUT2D eigenvalue weighted by molar-refractivity contribution is 5.71. The molecule has 0 radical (unpaired) electrons. The third kappa shape index (κ3) is 2.54. The van der Waals surface area contributed by atoms with Crippen molar-refractivity contribution >= 4 is 6.21 Å². The second kappa shape index (κ2) is 4.96. The van der Waals surface area contributed by atoms with E-state index in [1.54, 1.807) is 6.21 Å². The van der Waals surface area contributed by atoms with Gasteiger partial charge in [-0.15, -0.1) is 0 Å². The van der Waals surface area contributed by atoms with Crippen molar-refractivity contribution in [3.05, 3.63) is 22.4 Å². The van der Waals surface area contributed by atoms with Crippen LogP contribution in [0.15, 0.2) is 17.4 Å². The summed E-state index contributed by atoms with van der Waals surface area (Å²) in [6.45, 7) is 3.72. The molecule has 0 amide bonds. The van der Waals surface area contributed by atoms with Gasteiger partial charge in [-0.1, -0.05) is 11.5 Å². The van der Waals surface area contributed by atoms with E-state index in [-0.39, 0.29) is 16.9 Å². The Kier molecular flexibility index (Phi) is 3.57. The molecule has 0 saturated heterocycles. The quantitative estimate of drug-likeness (QED) is 0.428. The first-order chi connectivity index (χ1) is 8.17. The lowest BCUT2D eigenvalue weighted by molar-refractivity contribution is -0.887. The third-order valence-corrected chi connectivity index (χ3v) is 3.98. The molecule has 2 rings (SSSR count). The van der Waals surface area contributed by atoms with Gasteiger partial charge in [0.2, 0.25) is 6.04 Å². The van der Waals surface area contributed by atoms with E-state index in [1.807, 2.05) is 12.3 Å². The van der Waals surface area contributed by atoms with Crippen molar-refractivity contribution in [2.45, 2.75) is 38.6 Å². The molecule has 5 heteroatoms. The first-order valence-corrected chi connectivity index (χ1v) is 6.40. The van der Waals surface area contributed by atoms with Crippen LogP contribution in [0.1, 0.15) is 32.6 Å². The van der Waals surface area contributed by atoms with Crippen LogP contribution in [0.25, 0.3) is 0 Å². The first-order valence-electron chi connectivity index (χ1n) is 6.40. The molecule has 0 spiro atoms. The van der Waals surface area contributed by atoms with Crippen LogP contribution in [0.2, 0.25) is 0 Å². The van der Waals surface area contributed by atoms with E-state index in [1.165, 1.54) is 0 Å². The Bertz CT molecular complexity index is 340. The van der Waals surface area contributed by atoms with E-state index in [2.05, 4.69) is 12.0 Å². The van der Waals surface area contributed by atoms with Gasteiger partial charge in [0.15, 0.2) is 0 Å². The number of nitrogens with zero attached hydrogens (tertiary/aromatic N) is 3. The molecule has 17 heavy (non-hydrogen) atoms. The molecule has 0 N–H and O–H groups in total. The molecule has 0 aromatic heterocycles. The van der Waals surface area contributed by atoms with Crippen molar-refractivity contribution in [1.29, 1.82) is 0 Å². The minimum atomic E-state index is -0.366. The molecule has 0 aromatic carbocycles. The molecular weight excluding hydrogens is 218 g/mol. The van der Waals surface area contributed by atoms with Crippen LogP contribution in [0.3, 0.4) is 0 Å². The third-order valence-electron chi connectivity index (χ3n) is 3.98. The lowest BCUT2D eigenvalue weighted by Gasteiger charge is -2.32. The van der Waals surface area contributed by atoms with Gasteiger partial charge in [-0.05, 0) is 19.8 Å². The minimum Gasteiger partial charge on any atom is -0.264 e. The van der Waals surface area contributed by atoms with Crippen molar-refractivity contribution in [3.8, 4) is 0 Å². The van der Waals surface area contributed by atoms with E-state index in [0.717, 1.165) is 38.8 Å². The molecule has 94 valence electrons. The standard InChI is InChI=1S/C12H20N3O2/c1-2-15(9-5-8-13-15)10-11-6-3-4-7-12(11)14(16)17/h5,8-9,11-12H,2-4,6-7,10H2,1H3/q+1. The highest BCUT2D eigenvalue weighted by atomic mass is 16.6. The van der Waals surface area contributed by atoms with Gasteiger partial charge in [-0.25, -0.2) is 0 Å². The number of rotatable bonds is 4. The summed E-state index contributed by atoms with van der Waals surface area (Å²) in [6, 6.07) is -0.366. The number of hydrogen-bond donors (Lipinski definition) is 0. The largest absolute Gasteiger partial charge is 0.264 e. The summed E-state index contributed by atoms with van der Waals surface area (Å²) in [5.74, 6) is 0.165. The van der Waals surface area contributed by atoms with Crippen LogP contribution in [-0.4, -0.2) is 34.9 Å². The van der Waals surface area contributed by atoms with Crippen LogP contribution < -0.4 is 0 Å². The molecule has 1 saturated carbocycles. The molecule has 1 aliphatic heterocycles. The average Bonchev–Trinajstić information content (AvgIpc) is 2.79. The van der Waals surface area contributed by atoms with Crippen LogP contribution in [0, 0.1) is 16.0 Å². The second-order valence-electron chi connectivity index (χ2n) is 4.99. The van der Waals surface area contributed by atoms with Crippen LogP contribution in [-0.2, 0) is 0 Å². The maximum Gasteiger partial charge on any atom is 0.221 e. The van der Waals surface area contributed by atoms with Crippen molar-refractivity contribution in [2.24, 2.45) is 11.0 Å². The van der Waals surface area contributed by atoms with Gasteiger partial charge in [0.25, 0.3) is 0 Å². The molecule has 3 unspecified atom stereocenters. The van der Waals surface area contributed by atoms with Crippen LogP contribution in [0.4, 0.5) is 0 Å². The monoisotopic (exact) mass is 238 g/mol. The van der Waals surface area contributed by atoms with Crippen molar-refractivity contribution in [3.63, 3.8) is 0 Å². The summed E-state index contributed by atoms with van der Waals surface area (Å²) < 4.78 is 0.537. The fraction of sp³-hybridized carbons (Fsp3) is 0.750. The van der Waals surface area contributed by atoms with E-state index >= 15 is 0 Å². The second-order valence-corrected chi connectivity index (χ2v) is 4.99. The number of hydrogen-bond acceptors (Lipinski definition) is 3. The Morgan fingerprint density at radius 3 is 2.82 bits per heavy atom. The Morgan fingerprint density at radius 2 is 2.24 bits per heavy atom. The maximum absolute atomic E-state index is 11.1. The molecule has 1 heterocycles. The van der Waals surface area contributed by atoms with Gasteiger partial charge in [0.05, 0.1) is 12.1 Å². The van der Waals surface area contributed by atoms with E-state index in [9.17, 15) is 10.1 Å². The normalized spacial score (nSPS) is 36.3. The minimum absolute atomic E-state index is 0.0838. The summed E-state index contributed by atoms with van der Waals surface area (Å²) >= 11 is 0. The Hall–Kier alpha value is -1.23.